The largest absolute Gasteiger partial charge is 0.267 e. The molecule has 0 unspecified atom stereocenters. The molecule has 1 heterocycles. The van der Waals surface area contributed by atoms with Crippen LogP contribution in [0.2, 0.25) is 25.7 Å². The van der Waals surface area contributed by atoms with Gasteiger partial charge in [-0.15, -0.1) is 0 Å². The minimum Gasteiger partial charge on any atom is -0.267 e. The Hall–Kier alpha value is -0.813. The van der Waals surface area contributed by atoms with Crippen LogP contribution in [0.25, 0.3) is 0 Å². The number of nitrogens with zero attached hydrogens (tertiary/aromatic N) is 1. The van der Waals surface area contributed by atoms with Gasteiger partial charge in [-0.25, -0.2) is 8.42 Å². The van der Waals surface area contributed by atoms with E-state index in [2.05, 4.69) is 19.6 Å². The summed E-state index contributed by atoms with van der Waals surface area (Å²) in [6.45, 7) is 8.63. The van der Waals surface area contributed by atoms with Crippen LogP contribution in [0.4, 0.5) is 5.69 Å². The Morgan fingerprint density at radius 2 is 1.89 bits per heavy atom. The zero-order valence-corrected chi connectivity index (χ0v) is 14.0. The van der Waals surface area contributed by atoms with Crippen molar-refractivity contribution in [2.75, 3.05) is 10.1 Å². The number of hydrogen-bond acceptors (Lipinski definition) is 2. The maximum atomic E-state index is 12.6. The lowest BCUT2D eigenvalue weighted by Gasteiger charge is -2.26. The van der Waals surface area contributed by atoms with Gasteiger partial charge < -0.3 is 0 Å². The molecule has 0 aromatic heterocycles. The molecule has 0 spiro atoms. The van der Waals surface area contributed by atoms with E-state index in [1.54, 1.807) is 4.31 Å². The summed E-state index contributed by atoms with van der Waals surface area (Å²) in [6.07, 6.45) is 0.822. The van der Waals surface area contributed by atoms with Gasteiger partial charge in [-0.3, -0.25) is 4.31 Å². The van der Waals surface area contributed by atoms with Crippen LogP contribution in [-0.2, 0) is 16.4 Å². The number of hydrogen-bond donors (Lipinski definition) is 0. The maximum absolute atomic E-state index is 12.6. The summed E-state index contributed by atoms with van der Waals surface area (Å²) >= 11 is 0. The molecule has 0 aliphatic carbocycles. The second-order valence-electron chi connectivity index (χ2n) is 6.60. The van der Waals surface area contributed by atoms with Gasteiger partial charge in [-0.1, -0.05) is 37.8 Å². The first-order chi connectivity index (χ1) is 8.71. The van der Waals surface area contributed by atoms with E-state index in [0.29, 0.717) is 0 Å². The van der Waals surface area contributed by atoms with Crippen LogP contribution in [0.5, 0.6) is 0 Å². The first kappa shape index (κ1) is 14.6. The average Bonchev–Trinajstić information content (AvgIpc) is 2.62. The molecule has 1 aromatic rings. The fraction of sp³-hybridized carbons (Fsp3) is 0.571. The number of anilines is 1. The molecular weight excluding hydrogens is 274 g/mol. The van der Waals surface area contributed by atoms with Crippen LogP contribution < -0.4 is 4.31 Å². The standard InChI is InChI=1S/C14H23NO2SSi/c1-12-11-13-7-5-6-8-14(13)15(12)18(16,17)9-10-19(2,3)4/h5-8,12H,9-11H2,1-4H3/t12-/m1/s1. The van der Waals surface area contributed by atoms with Crippen LogP contribution in [0.3, 0.4) is 0 Å². The molecule has 0 fully saturated rings. The van der Waals surface area contributed by atoms with Gasteiger partial charge in [0.1, 0.15) is 0 Å². The lowest BCUT2D eigenvalue weighted by Crippen LogP contribution is -2.39. The van der Waals surface area contributed by atoms with Crippen LogP contribution in [0, 0.1) is 0 Å². The van der Waals surface area contributed by atoms with E-state index in [-0.39, 0.29) is 11.8 Å². The normalized spacial score (nSPS) is 19.6. The highest BCUT2D eigenvalue weighted by Gasteiger charge is 2.35. The van der Waals surface area contributed by atoms with Gasteiger partial charge in [0.05, 0.1) is 11.4 Å². The van der Waals surface area contributed by atoms with Crippen LogP contribution in [-0.4, -0.2) is 28.3 Å². The van der Waals surface area contributed by atoms with Crippen molar-refractivity contribution < 1.29 is 8.42 Å². The zero-order valence-electron chi connectivity index (χ0n) is 12.2. The monoisotopic (exact) mass is 297 g/mol. The Labute approximate surface area is 117 Å². The number of para-hydroxylation sites is 1. The highest BCUT2D eigenvalue weighted by Crippen LogP contribution is 2.34. The Bertz CT molecular complexity index is 563. The molecule has 1 aromatic carbocycles. The number of sulfonamides is 1. The third-order valence-corrected chi connectivity index (χ3v) is 7.54. The van der Waals surface area contributed by atoms with Gasteiger partial charge in [0, 0.05) is 14.1 Å². The van der Waals surface area contributed by atoms with Crippen molar-refractivity contribution in [3.05, 3.63) is 29.8 Å². The molecule has 0 N–H and O–H groups in total. The van der Waals surface area contributed by atoms with Crippen molar-refractivity contribution in [2.24, 2.45) is 0 Å². The van der Waals surface area contributed by atoms with Gasteiger partial charge in [-0.2, -0.15) is 0 Å². The maximum Gasteiger partial charge on any atom is 0.235 e. The molecule has 0 amide bonds. The van der Waals surface area contributed by atoms with Gasteiger partial charge >= 0.3 is 0 Å². The summed E-state index contributed by atoms with van der Waals surface area (Å²) in [6, 6.07) is 8.71. The van der Waals surface area contributed by atoms with Crippen LogP contribution in [0.15, 0.2) is 24.3 Å². The predicted molar refractivity (Wildman–Crippen MR) is 84.0 cm³/mol. The molecule has 3 nitrogen and oxygen atoms in total. The topological polar surface area (TPSA) is 37.4 Å². The second-order valence-corrected chi connectivity index (χ2v) is 14.2. The van der Waals surface area contributed by atoms with Crippen molar-refractivity contribution in [1.82, 2.24) is 0 Å². The van der Waals surface area contributed by atoms with E-state index in [1.807, 2.05) is 31.2 Å². The summed E-state index contributed by atoms with van der Waals surface area (Å²) < 4.78 is 26.8. The van der Waals surface area contributed by atoms with Crippen molar-refractivity contribution in [2.45, 2.75) is 45.1 Å². The van der Waals surface area contributed by atoms with E-state index in [0.717, 1.165) is 23.7 Å². The molecule has 1 aliphatic heterocycles. The SMILES string of the molecule is C[C@@H]1Cc2ccccc2N1S(=O)(=O)CC[Si](C)(C)C. The lowest BCUT2D eigenvalue weighted by molar-refractivity contribution is 0.585. The summed E-state index contributed by atoms with van der Waals surface area (Å²) in [7, 11) is -4.53. The summed E-state index contributed by atoms with van der Waals surface area (Å²) in [4.78, 5) is 0. The molecule has 106 valence electrons. The Balaban J connectivity index is 2.26. The van der Waals surface area contributed by atoms with E-state index in [9.17, 15) is 8.42 Å². The molecule has 5 heteroatoms. The van der Waals surface area contributed by atoms with E-state index >= 15 is 0 Å². The first-order valence-corrected chi connectivity index (χ1v) is 12.1. The van der Waals surface area contributed by atoms with Crippen molar-refractivity contribution >= 4 is 23.8 Å². The third-order valence-electron chi connectivity index (χ3n) is 3.55. The molecule has 1 atom stereocenters. The van der Waals surface area contributed by atoms with E-state index in [1.165, 1.54) is 0 Å². The van der Waals surface area contributed by atoms with Gasteiger partial charge in [0.2, 0.25) is 10.0 Å². The predicted octanol–water partition coefficient (Wildman–Crippen LogP) is 3.11. The number of benzene rings is 1. The van der Waals surface area contributed by atoms with Crippen molar-refractivity contribution in [3.63, 3.8) is 0 Å². The Kier molecular flexibility index (Phi) is 3.80. The number of fused-ring (bicyclic) bond motifs is 1. The average molecular weight is 297 g/mol. The quantitative estimate of drug-likeness (QED) is 0.801. The third kappa shape index (κ3) is 3.20. The van der Waals surface area contributed by atoms with Gasteiger partial charge in [-0.05, 0) is 31.0 Å². The molecular formula is C14H23NO2SSi. The molecule has 0 saturated carbocycles. The van der Waals surface area contributed by atoms with E-state index < -0.39 is 18.1 Å². The molecule has 2 rings (SSSR count). The molecule has 1 aliphatic rings. The Morgan fingerprint density at radius 3 is 2.53 bits per heavy atom. The minimum atomic E-state index is -3.19. The van der Waals surface area contributed by atoms with Gasteiger partial charge in [0.25, 0.3) is 0 Å². The minimum absolute atomic E-state index is 0.0454. The highest BCUT2D eigenvalue weighted by molar-refractivity contribution is 7.92. The lowest BCUT2D eigenvalue weighted by atomic mass is 10.1. The molecule has 0 bridgehead atoms. The second kappa shape index (κ2) is 4.94. The zero-order chi connectivity index (χ0) is 14.3. The van der Waals surface area contributed by atoms with Crippen LogP contribution >= 0.6 is 0 Å². The van der Waals surface area contributed by atoms with Gasteiger partial charge in [0.15, 0.2) is 0 Å². The van der Waals surface area contributed by atoms with E-state index in [4.69, 9.17) is 0 Å². The fourth-order valence-corrected chi connectivity index (χ4v) is 7.27. The first-order valence-electron chi connectivity index (χ1n) is 6.81. The number of rotatable bonds is 4. The summed E-state index contributed by atoms with van der Waals surface area (Å²) in [5, 5.41) is 0. The summed E-state index contributed by atoms with van der Waals surface area (Å²) in [5.41, 5.74) is 2.03. The molecule has 0 saturated heterocycles. The van der Waals surface area contributed by atoms with Crippen molar-refractivity contribution in [1.29, 1.82) is 0 Å². The van der Waals surface area contributed by atoms with Crippen LogP contribution in [0.1, 0.15) is 12.5 Å². The highest BCUT2D eigenvalue weighted by atomic mass is 32.2. The summed E-state index contributed by atoms with van der Waals surface area (Å²) in [5.74, 6) is 0.279. The smallest absolute Gasteiger partial charge is 0.235 e. The fourth-order valence-electron chi connectivity index (χ4n) is 2.49. The molecule has 0 radical (unpaired) electrons. The Morgan fingerprint density at radius 1 is 1.26 bits per heavy atom. The molecule has 19 heavy (non-hydrogen) atoms. The van der Waals surface area contributed by atoms with Crippen molar-refractivity contribution in [3.8, 4) is 0 Å².